The van der Waals surface area contributed by atoms with Crippen LogP contribution in [0.5, 0.6) is 0 Å². The number of aromatic nitrogens is 4. The topological polar surface area (TPSA) is 153 Å². The quantitative estimate of drug-likeness (QED) is 0.273. The van der Waals surface area contributed by atoms with E-state index in [9.17, 15) is 14.4 Å². The van der Waals surface area contributed by atoms with Crippen LogP contribution >= 0.6 is 0 Å². The Morgan fingerprint density at radius 1 is 0.769 bits per heavy atom. The van der Waals surface area contributed by atoms with E-state index in [1.165, 1.54) is 4.57 Å². The number of nitrogens with one attached hydrogen (secondary N) is 1. The molecule has 2 saturated heterocycles. The normalized spacial score (nSPS) is 28.3. The summed E-state index contributed by atoms with van der Waals surface area (Å²) < 4.78 is 29.3. The molecule has 292 valence electrons. The van der Waals surface area contributed by atoms with Crippen LogP contribution in [0, 0.1) is 24.7 Å². The maximum atomic E-state index is 12.4. The summed E-state index contributed by atoms with van der Waals surface area (Å²) in [5.41, 5.74) is 6.23. The van der Waals surface area contributed by atoms with Crippen molar-refractivity contribution in [1.82, 2.24) is 19.1 Å². The number of nitrogen functional groups attached to an aromatic ring is 1. The third-order valence-electron chi connectivity index (χ3n) is 13.0. The third kappa shape index (κ3) is 8.31. The monoisotopic (exact) mass is 759 g/mol. The Hall–Kier alpha value is -2.37. The molecule has 52 heavy (non-hydrogen) atoms. The lowest BCUT2D eigenvalue weighted by Gasteiger charge is -2.40. The van der Waals surface area contributed by atoms with Crippen LogP contribution in [0.3, 0.4) is 0 Å². The van der Waals surface area contributed by atoms with Gasteiger partial charge in [0.1, 0.15) is 18.3 Å². The first-order chi connectivity index (χ1) is 23.7. The Bertz CT molecular complexity index is 1810. The molecule has 0 radical (unpaired) electrons. The second-order valence-electron chi connectivity index (χ2n) is 19.6. The number of nitrogens with two attached hydrogens (primary N) is 1. The molecular formula is C38H65N5O7Si2. The van der Waals surface area contributed by atoms with E-state index in [0.717, 1.165) is 31.2 Å². The minimum absolute atomic E-state index is 0.0122. The van der Waals surface area contributed by atoms with Crippen LogP contribution in [-0.2, 0) is 18.3 Å². The molecule has 4 heterocycles. The summed E-state index contributed by atoms with van der Waals surface area (Å²) in [5.74, 6) is 0.282. The average Bonchev–Trinajstić information content (AvgIpc) is 3.83. The molecule has 0 amide bonds. The van der Waals surface area contributed by atoms with Gasteiger partial charge in [0.25, 0.3) is 5.56 Å². The molecule has 4 aliphatic rings. The molecule has 6 atom stereocenters. The summed E-state index contributed by atoms with van der Waals surface area (Å²) >= 11 is 0. The van der Waals surface area contributed by atoms with E-state index in [1.54, 1.807) is 23.9 Å². The van der Waals surface area contributed by atoms with E-state index in [-0.39, 0.29) is 68.6 Å². The van der Waals surface area contributed by atoms with Crippen molar-refractivity contribution in [3.8, 4) is 0 Å². The average molecular weight is 760 g/mol. The molecule has 0 bridgehead atoms. The lowest BCUT2D eigenvalue weighted by molar-refractivity contribution is -0.0523. The molecular weight excluding hydrogens is 695 g/mol. The maximum absolute atomic E-state index is 12.4. The predicted molar refractivity (Wildman–Crippen MR) is 210 cm³/mol. The van der Waals surface area contributed by atoms with Gasteiger partial charge in [-0.3, -0.25) is 18.9 Å². The number of hydrogen-bond acceptors (Lipinski definition) is 9. The van der Waals surface area contributed by atoms with Gasteiger partial charge >= 0.3 is 11.4 Å². The van der Waals surface area contributed by atoms with E-state index in [1.807, 2.05) is 6.92 Å². The smallest absolute Gasteiger partial charge is 0.351 e. The molecule has 2 unspecified atom stereocenters. The lowest BCUT2D eigenvalue weighted by atomic mass is 9.97. The van der Waals surface area contributed by atoms with Gasteiger partial charge < -0.3 is 24.1 Å². The van der Waals surface area contributed by atoms with E-state index in [0.29, 0.717) is 18.4 Å². The van der Waals surface area contributed by atoms with Gasteiger partial charge in [0.2, 0.25) is 0 Å². The Kier molecular flexibility index (Phi) is 10.8. The highest BCUT2D eigenvalue weighted by atomic mass is 28.4. The number of rotatable bonds is 8. The second-order valence-corrected chi connectivity index (χ2v) is 29.1. The molecule has 2 saturated carbocycles. The highest BCUT2D eigenvalue weighted by Crippen LogP contribution is 2.57. The Balaban J connectivity index is 0.000000201. The van der Waals surface area contributed by atoms with Crippen LogP contribution in [0.15, 0.2) is 26.8 Å². The van der Waals surface area contributed by atoms with Gasteiger partial charge in [-0.05, 0) is 86.6 Å². The number of hydrogen-bond donors (Lipinski definition) is 2. The molecule has 2 aliphatic carbocycles. The number of aromatic amines is 1. The summed E-state index contributed by atoms with van der Waals surface area (Å²) in [7, 11) is -3.88. The molecule has 12 nitrogen and oxygen atoms in total. The molecule has 4 fully saturated rings. The SMILES string of the molecule is Cc1cn([C@H]2CC(O[Si](C)(C)C(C)(C)C)[C@@H](C3(C)CC3)O2)c(=O)[nH]c1=O.Cc1cn([C@H]2CC(O[Si](C)(C)C(C)(C)C)[C@@H](C3(C)CC3)O2)c(=O)nc1N. The molecule has 6 rings (SSSR count). The number of H-pyrrole nitrogens is 1. The molecule has 2 aromatic rings. The first kappa shape index (κ1) is 40.8. The molecule has 14 heteroatoms. The first-order valence-electron chi connectivity index (χ1n) is 19.0. The van der Waals surface area contributed by atoms with Crippen LogP contribution < -0.4 is 22.7 Å². The van der Waals surface area contributed by atoms with Crippen molar-refractivity contribution in [3.05, 3.63) is 54.8 Å². The van der Waals surface area contributed by atoms with Crippen molar-refractivity contribution in [2.24, 2.45) is 10.8 Å². The molecule has 2 aromatic heterocycles. The number of ether oxygens (including phenoxy) is 2. The summed E-state index contributed by atoms with van der Waals surface area (Å²) in [6.07, 6.45) is 8.49. The summed E-state index contributed by atoms with van der Waals surface area (Å²) in [4.78, 5) is 42.6. The zero-order valence-electron chi connectivity index (χ0n) is 34.1. The van der Waals surface area contributed by atoms with Crippen LogP contribution in [-0.4, -0.2) is 60.2 Å². The van der Waals surface area contributed by atoms with Crippen molar-refractivity contribution in [1.29, 1.82) is 0 Å². The van der Waals surface area contributed by atoms with Gasteiger partial charge in [0.15, 0.2) is 16.6 Å². The fraction of sp³-hybridized carbons (Fsp3) is 0.789. The maximum Gasteiger partial charge on any atom is 0.351 e. The predicted octanol–water partition coefficient (Wildman–Crippen LogP) is 6.93. The molecule has 0 spiro atoms. The lowest BCUT2D eigenvalue weighted by Crippen LogP contribution is -2.47. The van der Waals surface area contributed by atoms with Gasteiger partial charge in [-0.25, -0.2) is 9.59 Å². The zero-order chi connectivity index (χ0) is 39.0. The number of anilines is 1. The van der Waals surface area contributed by atoms with Crippen molar-refractivity contribution in [3.63, 3.8) is 0 Å². The minimum Gasteiger partial charge on any atom is -0.411 e. The Labute approximate surface area is 311 Å². The summed E-state index contributed by atoms with van der Waals surface area (Å²) in [6, 6.07) is 0. The number of aryl methyl sites for hydroxylation is 2. The van der Waals surface area contributed by atoms with Gasteiger partial charge in [-0.2, -0.15) is 4.98 Å². The largest absolute Gasteiger partial charge is 0.411 e. The number of nitrogens with zero attached hydrogens (tertiary/aromatic N) is 3. The van der Waals surface area contributed by atoms with E-state index >= 15 is 0 Å². The highest BCUT2D eigenvalue weighted by Gasteiger charge is 2.57. The van der Waals surface area contributed by atoms with E-state index in [2.05, 4.69) is 91.5 Å². The van der Waals surface area contributed by atoms with Gasteiger partial charge in [-0.1, -0.05) is 55.4 Å². The fourth-order valence-corrected chi connectivity index (χ4v) is 9.39. The van der Waals surface area contributed by atoms with Gasteiger partial charge in [-0.15, -0.1) is 0 Å². The van der Waals surface area contributed by atoms with Gasteiger partial charge in [0, 0.05) is 36.4 Å². The molecule has 3 N–H and O–H groups in total. The van der Waals surface area contributed by atoms with Gasteiger partial charge in [0.05, 0.1) is 24.4 Å². The Morgan fingerprint density at radius 3 is 1.58 bits per heavy atom. The van der Waals surface area contributed by atoms with Crippen LogP contribution in [0.25, 0.3) is 0 Å². The standard InChI is InChI=1S/C19H33N3O3Si.C19H32N2O4Si/c1-12-11-22(17(23)21-16(12)20)14-10-13(15(24-14)19(5)8-9-19)25-26(6,7)18(2,3)4;1-12-11-21(17(23)20-16(12)22)14-10-13(15(24-14)19(5)8-9-19)25-26(6,7)18(2,3)4/h11,13-15H,8-10H2,1-7H3,(H2,20,21,23);11,13-15H,8-10H2,1-7H3,(H,20,22,23)/t2*13?,14-,15+/m11/s1. The molecule has 0 aromatic carbocycles. The van der Waals surface area contributed by atoms with Crippen molar-refractivity contribution in [2.45, 2.75) is 181 Å². The van der Waals surface area contributed by atoms with Crippen molar-refractivity contribution in [2.75, 3.05) is 5.73 Å². The Morgan fingerprint density at radius 2 is 1.17 bits per heavy atom. The van der Waals surface area contributed by atoms with Crippen molar-refractivity contribution >= 4 is 22.5 Å². The van der Waals surface area contributed by atoms with E-state index < -0.39 is 28.6 Å². The fourth-order valence-electron chi connectivity index (χ4n) is 6.73. The first-order valence-corrected chi connectivity index (χ1v) is 24.8. The molecule has 2 aliphatic heterocycles. The third-order valence-corrected chi connectivity index (χ3v) is 22.1. The van der Waals surface area contributed by atoms with Crippen molar-refractivity contribution < 1.29 is 18.3 Å². The summed E-state index contributed by atoms with van der Waals surface area (Å²) in [6.45, 7) is 30.5. The summed E-state index contributed by atoms with van der Waals surface area (Å²) in [5, 5.41) is 0.252. The van der Waals surface area contributed by atoms with E-state index in [4.69, 9.17) is 24.1 Å². The van der Waals surface area contributed by atoms with Crippen LogP contribution in [0.2, 0.25) is 36.3 Å². The second kappa shape index (κ2) is 13.7. The van der Waals surface area contributed by atoms with Crippen LogP contribution in [0.4, 0.5) is 5.82 Å². The zero-order valence-corrected chi connectivity index (χ0v) is 36.1. The minimum atomic E-state index is -1.95. The van der Waals surface area contributed by atoms with Crippen LogP contribution in [0.1, 0.15) is 117 Å². The highest BCUT2D eigenvalue weighted by molar-refractivity contribution is 6.74.